The Morgan fingerprint density at radius 3 is 2.47 bits per heavy atom. The molecule has 0 saturated heterocycles. The molecule has 3 aromatic rings. The number of anilines is 1. The van der Waals surface area contributed by atoms with Gasteiger partial charge in [-0.15, -0.1) is 11.3 Å². The molecule has 38 heavy (non-hydrogen) atoms. The van der Waals surface area contributed by atoms with Crippen molar-refractivity contribution in [2.24, 2.45) is 0 Å². The van der Waals surface area contributed by atoms with Gasteiger partial charge in [-0.25, -0.2) is 4.98 Å². The predicted molar refractivity (Wildman–Crippen MR) is 149 cm³/mol. The van der Waals surface area contributed by atoms with Crippen LogP contribution >= 0.6 is 18.9 Å². The number of hydrogen-bond acceptors (Lipinski definition) is 9. The standard InChI is InChI=1S/C27H35N2O7PS/c1-5-34-37(31,35-6-2)18-23-19-38-27(28-23)29-26(30)22-14-24(16-25(15-22)36-20(3)17-32-4)33-13-12-21-10-8-7-9-11-21/h7-11,14-16,19-20H,5-6,12-13,17-18H2,1-4H3,(H,28,29,30)/t20-/m0/s1. The smallest absolute Gasteiger partial charge is 0.336 e. The van der Waals surface area contributed by atoms with Crippen molar-refractivity contribution in [2.45, 2.75) is 39.5 Å². The molecule has 0 aliphatic rings. The van der Waals surface area contributed by atoms with Gasteiger partial charge in [-0.2, -0.15) is 0 Å². The van der Waals surface area contributed by atoms with E-state index in [1.165, 1.54) is 11.3 Å². The Bertz CT molecular complexity index is 1200. The third-order valence-corrected chi connectivity index (χ3v) is 7.98. The number of carbonyl (C=O) groups is 1. The van der Waals surface area contributed by atoms with Gasteiger partial charge in [0.15, 0.2) is 5.13 Å². The number of aromatic nitrogens is 1. The number of ether oxygens (including phenoxy) is 3. The van der Waals surface area contributed by atoms with Crippen molar-refractivity contribution in [1.82, 2.24) is 4.98 Å². The molecule has 0 radical (unpaired) electrons. The molecular formula is C27H35N2O7PS. The van der Waals surface area contributed by atoms with Crippen molar-refractivity contribution < 1.29 is 32.6 Å². The topological polar surface area (TPSA) is 105 Å². The van der Waals surface area contributed by atoms with E-state index in [-0.39, 0.29) is 31.4 Å². The van der Waals surface area contributed by atoms with Gasteiger partial charge in [0, 0.05) is 30.5 Å². The molecule has 0 unspecified atom stereocenters. The first-order valence-corrected chi connectivity index (χ1v) is 15.1. The van der Waals surface area contributed by atoms with Crippen molar-refractivity contribution in [3.63, 3.8) is 0 Å². The Morgan fingerprint density at radius 1 is 1.08 bits per heavy atom. The summed E-state index contributed by atoms with van der Waals surface area (Å²) < 4.78 is 40.6. The number of nitrogens with zero attached hydrogens (tertiary/aromatic N) is 1. The maximum atomic E-state index is 13.1. The summed E-state index contributed by atoms with van der Waals surface area (Å²) in [7, 11) is -1.69. The zero-order valence-electron chi connectivity index (χ0n) is 22.2. The fourth-order valence-electron chi connectivity index (χ4n) is 3.61. The summed E-state index contributed by atoms with van der Waals surface area (Å²) in [6, 6.07) is 15.1. The number of hydrogen-bond donors (Lipinski definition) is 1. The molecule has 9 nitrogen and oxygen atoms in total. The minimum atomic E-state index is -3.30. The molecular weight excluding hydrogens is 527 g/mol. The second-order valence-electron chi connectivity index (χ2n) is 8.36. The van der Waals surface area contributed by atoms with Crippen LogP contribution in [0.3, 0.4) is 0 Å². The van der Waals surface area contributed by atoms with Gasteiger partial charge in [0.25, 0.3) is 5.91 Å². The lowest BCUT2D eigenvalue weighted by molar-refractivity contribution is 0.0914. The molecule has 1 atom stereocenters. The molecule has 1 N–H and O–H groups in total. The van der Waals surface area contributed by atoms with Crippen molar-refractivity contribution in [3.05, 3.63) is 70.7 Å². The van der Waals surface area contributed by atoms with E-state index in [1.54, 1.807) is 44.5 Å². The third-order valence-electron chi connectivity index (χ3n) is 5.16. The summed E-state index contributed by atoms with van der Waals surface area (Å²) in [5, 5.41) is 4.90. The highest BCUT2D eigenvalue weighted by molar-refractivity contribution is 7.53. The summed E-state index contributed by atoms with van der Waals surface area (Å²) >= 11 is 1.23. The molecule has 0 spiro atoms. The van der Waals surface area contributed by atoms with E-state index in [2.05, 4.69) is 10.3 Å². The zero-order chi connectivity index (χ0) is 27.4. The number of thiazole rings is 1. The Balaban J connectivity index is 1.72. The quantitative estimate of drug-likeness (QED) is 0.206. The maximum absolute atomic E-state index is 13.1. The summed E-state index contributed by atoms with van der Waals surface area (Å²) in [5.74, 6) is 0.634. The monoisotopic (exact) mass is 562 g/mol. The van der Waals surface area contributed by atoms with Gasteiger partial charge in [0.2, 0.25) is 0 Å². The van der Waals surface area contributed by atoms with Crippen LogP contribution in [0.4, 0.5) is 5.13 Å². The number of carbonyl (C=O) groups excluding carboxylic acids is 1. The molecule has 206 valence electrons. The van der Waals surface area contributed by atoms with Crippen LogP contribution in [-0.4, -0.2) is 50.5 Å². The molecule has 11 heteroatoms. The molecule has 1 amide bonds. The Morgan fingerprint density at radius 2 is 1.79 bits per heavy atom. The lowest BCUT2D eigenvalue weighted by Crippen LogP contribution is -2.19. The Kier molecular flexibility index (Phi) is 11.8. The second-order valence-corrected chi connectivity index (χ2v) is 11.3. The van der Waals surface area contributed by atoms with E-state index >= 15 is 0 Å². The molecule has 1 heterocycles. The van der Waals surface area contributed by atoms with Crippen molar-refractivity contribution >= 4 is 30.0 Å². The van der Waals surface area contributed by atoms with E-state index in [1.807, 2.05) is 37.3 Å². The predicted octanol–water partition coefficient (Wildman–Crippen LogP) is 6.20. The first-order valence-electron chi connectivity index (χ1n) is 12.5. The molecule has 0 aliphatic carbocycles. The summed E-state index contributed by atoms with van der Waals surface area (Å²) in [5.41, 5.74) is 2.03. The fraction of sp³-hybridized carbons (Fsp3) is 0.407. The van der Waals surface area contributed by atoms with Crippen LogP contribution in [-0.2, 0) is 30.9 Å². The number of benzene rings is 2. The fourth-order valence-corrected chi connectivity index (χ4v) is 6.04. The lowest BCUT2D eigenvalue weighted by atomic mass is 10.1. The summed E-state index contributed by atoms with van der Waals surface area (Å²) in [4.78, 5) is 17.5. The van der Waals surface area contributed by atoms with Crippen LogP contribution in [0.2, 0.25) is 0 Å². The zero-order valence-corrected chi connectivity index (χ0v) is 23.9. The van der Waals surface area contributed by atoms with Crippen LogP contribution in [0, 0.1) is 0 Å². The molecule has 0 bridgehead atoms. The maximum Gasteiger partial charge on any atom is 0.336 e. The van der Waals surface area contributed by atoms with Crippen molar-refractivity contribution in [3.8, 4) is 11.5 Å². The number of rotatable bonds is 16. The Labute approximate surface area is 228 Å². The third kappa shape index (κ3) is 9.53. The molecule has 0 saturated carbocycles. The summed E-state index contributed by atoms with van der Waals surface area (Å²) in [6.45, 7) is 6.77. The molecule has 2 aromatic carbocycles. The summed E-state index contributed by atoms with van der Waals surface area (Å²) in [6.07, 6.45) is 0.535. The first-order chi connectivity index (χ1) is 18.3. The van der Waals surface area contributed by atoms with Crippen LogP contribution in [0.1, 0.15) is 42.4 Å². The van der Waals surface area contributed by atoms with E-state index in [0.717, 1.165) is 12.0 Å². The van der Waals surface area contributed by atoms with Gasteiger partial charge in [-0.1, -0.05) is 30.3 Å². The van der Waals surface area contributed by atoms with Crippen LogP contribution in [0.5, 0.6) is 11.5 Å². The van der Waals surface area contributed by atoms with E-state index in [0.29, 0.717) is 41.1 Å². The Hall–Kier alpha value is -2.75. The largest absolute Gasteiger partial charge is 0.493 e. The van der Waals surface area contributed by atoms with E-state index in [4.69, 9.17) is 23.3 Å². The van der Waals surface area contributed by atoms with Gasteiger partial charge in [-0.05, 0) is 38.5 Å². The van der Waals surface area contributed by atoms with Crippen molar-refractivity contribution in [2.75, 3.05) is 38.9 Å². The van der Waals surface area contributed by atoms with Gasteiger partial charge >= 0.3 is 7.60 Å². The number of nitrogens with one attached hydrogen (secondary N) is 1. The molecule has 3 rings (SSSR count). The SMILES string of the molecule is CCOP(=O)(Cc1csc(NC(=O)c2cc(OCCc3ccccc3)cc(O[C@@H](C)COC)c2)n1)OCC. The highest BCUT2D eigenvalue weighted by Gasteiger charge is 2.26. The normalized spacial score (nSPS) is 12.2. The highest BCUT2D eigenvalue weighted by Crippen LogP contribution is 2.51. The van der Waals surface area contributed by atoms with E-state index in [9.17, 15) is 9.36 Å². The van der Waals surface area contributed by atoms with Crippen LogP contribution in [0.15, 0.2) is 53.9 Å². The van der Waals surface area contributed by atoms with E-state index < -0.39 is 7.60 Å². The minimum absolute atomic E-state index is 0.0289. The average Bonchev–Trinajstić information content (AvgIpc) is 3.31. The molecule has 0 fully saturated rings. The average molecular weight is 563 g/mol. The molecule has 1 aromatic heterocycles. The number of amides is 1. The first kappa shape index (κ1) is 29.8. The van der Waals surface area contributed by atoms with Crippen LogP contribution in [0.25, 0.3) is 0 Å². The minimum Gasteiger partial charge on any atom is -0.493 e. The van der Waals surface area contributed by atoms with Gasteiger partial charge < -0.3 is 23.3 Å². The lowest BCUT2D eigenvalue weighted by Gasteiger charge is -2.16. The number of methoxy groups -OCH3 is 1. The van der Waals surface area contributed by atoms with Crippen LogP contribution < -0.4 is 14.8 Å². The highest BCUT2D eigenvalue weighted by atomic mass is 32.1. The second kappa shape index (κ2) is 15.0. The molecule has 0 aliphatic heterocycles. The van der Waals surface area contributed by atoms with Gasteiger partial charge in [-0.3, -0.25) is 14.7 Å². The van der Waals surface area contributed by atoms with Crippen molar-refractivity contribution in [1.29, 1.82) is 0 Å². The van der Waals surface area contributed by atoms with Gasteiger partial charge in [0.05, 0.1) is 38.3 Å². The van der Waals surface area contributed by atoms with Gasteiger partial charge in [0.1, 0.15) is 17.6 Å².